The molecule has 0 bridgehead atoms. The SMILES string of the molecule is O=P1(c2ccccc2)c2ccccc2-c2cc3c(cc21)c1ccccc1n3-c1ccc(N(c2ccccc2)c2ccc3c(c2)sc2ccccc23)cc1.O=P1(c2ccccc2)c2ccccc2-c2cc3c(cc21)c1ccccc1n3-c1ccc(N(c2ccccc2)c2ccc3c4ccccc4n(-c4ccccc4)c3c2)cc1. The summed E-state index contributed by atoms with van der Waals surface area (Å²) >= 11 is 1.84. The predicted molar refractivity (Wildman–Crippen MR) is 475 cm³/mol. The van der Waals surface area contributed by atoms with Crippen molar-refractivity contribution in [1.29, 1.82) is 0 Å². The van der Waals surface area contributed by atoms with E-state index in [0.717, 1.165) is 154 Å². The van der Waals surface area contributed by atoms with Gasteiger partial charge in [-0.1, -0.05) is 249 Å². The molecule has 0 saturated carbocycles. The second kappa shape index (κ2) is 26.1. The number of hydrogen-bond acceptors (Lipinski definition) is 5. The van der Waals surface area contributed by atoms with Gasteiger partial charge in [0.2, 0.25) is 0 Å². The number of para-hydroxylation sites is 6. The van der Waals surface area contributed by atoms with Gasteiger partial charge in [0.05, 0.1) is 33.1 Å². The second-order valence-electron chi connectivity index (χ2n) is 28.9. The Bertz CT molecular complexity index is 7440. The number of anilines is 6. The highest BCUT2D eigenvalue weighted by Gasteiger charge is 2.43. The molecule has 0 N–H and O–H groups in total. The van der Waals surface area contributed by atoms with E-state index < -0.39 is 14.3 Å². The average Bonchev–Trinajstić information content (AvgIpc) is 1.54. The number of nitrogens with zero attached hydrogens (tertiary/aromatic N) is 5. The third kappa shape index (κ3) is 10.1. The smallest absolute Gasteiger partial charge is 0.172 e. The summed E-state index contributed by atoms with van der Waals surface area (Å²) in [4.78, 5) is 4.68. The Morgan fingerprint density at radius 2 is 0.527 bits per heavy atom. The normalized spacial score (nSPS) is 14.8. The molecule has 528 valence electrons. The minimum Gasteiger partial charge on any atom is -0.310 e. The standard InChI is InChI=1S/C54H36N3OP.C48H31N2OPS/c58-59(42-20-8-3-9-21-42)53-27-15-12-24-46(53)48-35-52-47(36-54(48)59)44-23-11-14-26-50(44)57(52)40-30-28-39(29-31-40)55(37-16-4-1-5-17-37)41-32-33-45-43-22-10-13-25-49(43)56(51(45)34-41)38-18-6-2-7-19-38;51-52(36-15-5-2-6-16-36)45-21-11-8-18-38(45)42-30-44-41(31-46(42)52)37-17-7-10-20-43(37)50(44)34-25-23-33(24-26-34)49(32-13-3-1-4-14-32)35-27-28-40-39-19-9-12-22-47(39)53-48(40)29-35/h1-36H;1-31H. The van der Waals surface area contributed by atoms with Gasteiger partial charge in [-0.3, -0.25) is 0 Å². The van der Waals surface area contributed by atoms with E-state index in [9.17, 15) is 0 Å². The van der Waals surface area contributed by atoms with Gasteiger partial charge in [-0.25, -0.2) is 0 Å². The van der Waals surface area contributed by atoms with Gasteiger partial charge in [0.25, 0.3) is 0 Å². The van der Waals surface area contributed by atoms with Gasteiger partial charge in [0, 0.05) is 136 Å². The molecule has 6 heterocycles. The molecule has 7 nitrogen and oxygen atoms in total. The lowest BCUT2D eigenvalue weighted by molar-refractivity contribution is 0.592. The van der Waals surface area contributed by atoms with Gasteiger partial charge < -0.3 is 32.6 Å². The summed E-state index contributed by atoms with van der Waals surface area (Å²) in [5.74, 6) is 0. The number of hydrogen-bond donors (Lipinski definition) is 0. The molecule has 2 atom stereocenters. The summed E-state index contributed by atoms with van der Waals surface area (Å²) in [6.45, 7) is 0. The van der Waals surface area contributed by atoms with Crippen LogP contribution in [0, 0.1) is 0 Å². The van der Waals surface area contributed by atoms with Gasteiger partial charge >= 0.3 is 0 Å². The van der Waals surface area contributed by atoms with Crippen LogP contribution in [0.15, 0.2) is 406 Å². The van der Waals surface area contributed by atoms with Crippen LogP contribution in [-0.2, 0) is 9.13 Å². The minimum atomic E-state index is -3.09. The quantitative estimate of drug-likeness (QED) is 0.121. The maximum Gasteiger partial charge on any atom is 0.172 e. The molecule has 23 rings (SSSR count). The molecule has 0 radical (unpaired) electrons. The van der Waals surface area contributed by atoms with Gasteiger partial charge in [-0.2, -0.15) is 0 Å². The Kier molecular flexibility index (Phi) is 15.2. The van der Waals surface area contributed by atoms with Crippen LogP contribution in [0.2, 0.25) is 0 Å². The summed E-state index contributed by atoms with van der Waals surface area (Å²) in [5, 5.41) is 14.9. The van der Waals surface area contributed by atoms with Crippen LogP contribution < -0.4 is 41.6 Å². The molecule has 0 fully saturated rings. The van der Waals surface area contributed by atoms with Crippen LogP contribution in [0.4, 0.5) is 34.1 Å². The monoisotopic (exact) mass is 1490 g/mol. The summed E-state index contributed by atoms with van der Waals surface area (Å²) in [7, 11) is -6.15. The summed E-state index contributed by atoms with van der Waals surface area (Å²) in [5.41, 5.74) is 20.7. The third-order valence-electron chi connectivity index (χ3n) is 22.9. The molecule has 0 saturated heterocycles. The van der Waals surface area contributed by atoms with Crippen molar-refractivity contribution in [3.05, 3.63) is 406 Å². The first-order chi connectivity index (χ1) is 55.3. The number of rotatable bonds is 11. The highest BCUT2D eigenvalue weighted by atomic mass is 32.1. The zero-order chi connectivity index (χ0) is 74.2. The lowest BCUT2D eigenvalue weighted by atomic mass is 10.0. The fourth-order valence-corrected chi connectivity index (χ4v) is 25.2. The van der Waals surface area contributed by atoms with Crippen LogP contribution >= 0.6 is 25.6 Å². The zero-order valence-corrected chi connectivity index (χ0v) is 63.1. The predicted octanol–water partition coefficient (Wildman–Crippen LogP) is 25.2. The molecule has 2 aliphatic rings. The van der Waals surface area contributed by atoms with E-state index in [-0.39, 0.29) is 0 Å². The molecule has 112 heavy (non-hydrogen) atoms. The van der Waals surface area contributed by atoms with Crippen LogP contribution in [0.1, 0.15) is 0 Å². The maximum atomic E-state index is 15.4. The van der Waals surface area contributed by atoms with Crippen molar-refractivity contribution in [3.8, 4) is 39.3 Å². The average molecular weight is 1490 g/mol. The fourth-order valence-electron chi connectivity index (χ4n) is 17.9. The van der Waals surface area contributed by atoms with Crippen molar-refractivity contribution in [2.24, 2.45) is 0 Å². The van der Waals surface area contributed by atoms with Crippen molar-refractivity contribution in [3.63, 3.8) is 0 Å². The summed E-state index contributed by atoms with van der Waals surface area (Å²) in [6.07, 6.45) is 0. The molecule has 17 aromatic carbocycles. The Morgan fingerprint density at radius 3 is 1.00 bits per heavy atom. The maximum absolute atomic E-state index is 15.4. The largest absolute Gasteiger partial charge is 0.310 e. The lowest BCUT2D eigenvalue weighted by Crippen LogP contribution is -2.20. The zero-order valence-electron chi connectivity index (χ0n) is 60.5. The van der Waals surface area contributed by atoms with E-state index in [2.05, 4.69) is 357 Å². The Labute approximate surface area is 651 Å². The van der Waals surface area contributed by atoms with Crippen LogP contribution in [0.3, 0.4) is 0 Å². The van der Waals surface area contributed by atoms with Crippen molar-refractivity contribution in [2.45, 2.75) is 0 Å². The van der Waals surface area contributed by atoms with Crippen molar-refractivity contribution >= 4 is 177 Å². The highest BCUT2D eigenvalue weighted by molar-refractivity contribution is 7.87. The topological polar surface area (TPSA) is 55.4 Å². The molecular weight excluding hydrogens is 1420 g/mol. The van der Waals surface area contributed by atoms with E-state index in [1.807, 2.05) is 84.1 Å². The molecule has 2 unspecified atom stereocenters. The Hall–Kier alpha value is -13.6. The molecular formula is C102H67N5O2P2S. The lowest BCUT2D eigenvalue weighted by Gasteiger charge is -2.26. The highest BCUT2D eigenvalue weighted by Crippen LogP contribution is 2.56. The van der Waals surface area contributed by atoms with E-state index in [1.165, 1.54) is 36.5 Å². The molecule has 4 aromatic heterocycles. The minimum absolute atomic E-state index is 0.869. The van der Waals surface area contributed by atoms with Crippen LogP contribution in [0.5, 0.6) is 0 Å². The van der Waals surface area contributed by atoms with Gasteiger partial charge in [0.15, 0.2) is 14.3 Å². The first-order valence-corrected chi connectivity index (χ1v) is 42.1. The first kappa shape index (κ1) is 65.5. The van der Waals surface area contributed by atoms with Gasteiger partial charge in [-0.15, -0.1) is 11.3 Å². The molecule has 0 spiro atoms. The molecule has 0 aliphatic carbocycles. The number of thiophene rings is 1. The van der Waals surface area contributed by atoms with Crippen LogP contribution in [-0.4, -0.2) is 13.7 Å². The van der Waals surface area contributed by atoms with E-state index in [0.29, 0.717) is 0 Å². The number of aromatic nitrogens is 3. The van der Waals surface area contributed by atoms with E-state index in [4.69, 9.17) is 0 Å². The molecule has 21 aromatic rings. The van der Waals surface area contributed by atoms with E-state index >= 15 is 9.13 Å². The van der Waals surface area contributed by atoms with Crippen LogP contribution in [0.25, 0.3) is 125 Å². The summed E-state index contributed by atoms with van der Waals surface area (Å²) in [6, 6.07) is 143. The molecule has 2 aliphatic heterocycles. The van der Waals surface area contributed by atoms with Crippen molar-refractivity contribution < 1.29 is 9.13 Å². The second-order valence-corrected chi connectivity index (χ2v) is 35.4. The number of fused-ring (bicyclic) bond motifs is 18. The van der Waals surface area contributed by atoms with E-state index in [1.54, 1.807) is 0 Å². The van der Waals surface area contributed by atoms with Gasteiger partial charge in [0.1, 0.15) is 0 Å². The molecule has 10 heteroatoms. The van der Waals surface area contributed by atoms with Crippen molar-refractivity contribution in [1.82, 2.24) is 13.7 Å². The summed E-state index contributed by atoms with van der Waals surface area (Å²) < 4.78 is 40.5. The molecule has 0 amide bonds. The van der Waals surface area contributed by atoms with Gasteiger partial charge in [-0.05, 0) is 180 Å². The Morgan fingerprint density at radius 1 is 0.205 bits per heavy atom. The number of benzene rings is 17. The Balaban J connectivity index is 0.000000138. The van der Waals surface area contributed by atoms with Crippen molar-refractivity contribution in [2.75, 3.05) is 9.80 Å². The fraction of sp³-hybridized carbons (Fsp3) is 0. The first-order valence-electron chi connectivity index (χ1n) is 37.9. The third-order valence-corrected chi connectivity index (χ3v) is 30.3.